The molecule has 7 nitrogen and oxygen atoms in total. The fourth-order valence-electron chi connectivity index (χ4n) is 2.62. The fraction of sp³-hybridized carbons (Fsp3) is 0.375. The van der Waals surface area contributed by atoms with E-state index >= 15 is 0 Å². The van der Waals surface area contributed by atoms with E-state index in [1.54, 1.807) is 11.8 Å². The van der Waals surface area contributed by atoms with Gasteiger partial charge in [0.05, 0.1) is 42.8 Å². The molecule has 0 saturated carbocycles. The summed E-state index contributed by atoms with van der Waals surface area (Å²) in [6, 6.07) is 3.24. The second-order valence-corrected chi connectivity index (χ2v) is 5.56. The first kappa shape index (κ1) is 16.1. The first-order valence-electron chi connectivity index (χ1n) is 7.79. The molecule has 1 aliphatic heterocycles. The lowest BCUT2D eigenvalue weighted by molar-refractivity contribution is -0.120. The molecule has 0 saturated heterocycles. The van der Waals surface area contributed by atoms with Crippen molar-refractivity contribution in [2.75, 3.05) is 6.54 Å². The Morgan fingerprint density at radius 1 is 1.38 bits per heavy atom. The number of hydrogen-bond acceptors (Lipinski definition) is 4. The molecular weight excluding hydrogens is 313 g/mol. The molecule has 3 heterocycles. The van der Waals surface area contributed by atoms with E-state index in [1.165, 1.54) is 12.3 Å². The minimum atomic E-state index is -0.621. The zero-order chi connectivity index (χ0) is 17.1. The first-order chi connectivity index (χ1) is 11.6. The van der Waals surface area contributed by atoms with Crippen molar-refractivity contribution in [3.63, 3.8) is 0 Å². The molecule has 2 aromatic rings. The van der Waals surface area contributed by atoms with E-state index in [0.717, 1.165) is 17.6 Å². The fourth-order valence-corrected chi connectivity index (χ4v) is 2.62. The molecule has 0 atom stereocenters. The summed E-state index contributed by atoms with van der Waals surface area (Å²) in [5.74, 6) is -1.02. The molecular formula is C16H18FN5O2. The van der Waals surface area contributed by atoms with Crippen LogP contribution in [0.1, 0.15) is 35.1 Å². The zero-order valence-electron chi connectivity index (χ0n) is 13.3. The van der Waals surface area contributed by atoms with Gasteiger partial charge in [-0.15, -0.1) is 0 Å². The Morgan fingerprint density at radius 2 is 2.21 bits per heavy atom. The topological polar surface area (TPSA) is 80.1 Å². The number of carbonyl (C=O) groups is 2. The van der Waals surface area contributed by atoms with Crippen LogP contribution >= 0.6 is 0 Å². The van der Waals surface area contributed by atoms with Crippen molar-refractivity contribution < 1.29 is 14.0 Å². The van der Waals surface area contributed by atoms with Crippen molar-refractivity contribution >= 4 is 11.8 Å². The van der Waals surface area contributed by atoms with Gasteiger partial charge in [0.2, 0.25) is 5.91 Å². The number of carbonyl (C=O) groups excluding carboxylic acids is 2. The Bertz CT molecular complexity index is 774. The van der Waals surface area contributed by atoms with Gasteiger partial charge in [0.15, 0.2) is 5.82 Å². The Labute approximate surface area is 138 Å². The van der Waals surface area contributed by atoms with Crippen LogP contribution in [0.2, 0.25) is 0 Å². The van der Waals surface area contributed by atoms with Gasteiger partial charge in [-0.1, -0.05) is 6.92 Å². The summed E-state index contributed by atoms with van der Waals surface area (Å²) >= 11 is 0. The van der Waals surface area contributed by atoms with Crippen LogP contribution in [0.3, 0.4) is 0 Å². The second-order valence-electron chi connectivity index (χ2n) is 5.56. The molecule has 0 radical (unpaired) electrons. The summed E-state index contributed by atoms with van der Waals surface area (Å²) < 4.78 is 15.6. The molecule has 8 heteroatoms. The maximum Gasteiger partial charge on any atom is 0.257 e. The van der Waals surface area contributed by atoms with Crippen LogP contribution in [0.5, 0.6) is 0 Å². The largest absolute Gasteiger partial charge is 0.350 e. The van der Waals surface area contributed by atoms with E-state index in [-0.39, 0.29) is 17.4 Å². The third-order valence-corrected chi connectivity index (χ3v) is 3.93. The number of nitrogens with zero attached hydrogens (tertiary/aromatic N) is 4. The molecule has 0 aromatic carbocycles. The van der Waals surface area contributed by atoms with Crippen molar-refractivity contribution in [2.24, 2.45) is 0 Å². The van der Waals surface area contributed by atoms with Crippen LogP contribution in [0.4, 0.5) is 4.39 Å². The average molecular weight is 331 g/mol. The minimum absolute atomic E-state index is 0.0217. The number of fused-ring (bicyclic) bond motifs is 1. The molecule has 0 unspecified atom stereocenters. The lowest BCUT2D eigenvalue weighted by Gasteiger charge is -2.27. The molecule has 1 aliphatic rings. The predicted molar refractivity (Wildman–Crippen MR) is 83.3 cm³/mol. The van der Waals surface area contributed by atoms with Gasteiger partial charge in [-0.25, -0.2) is 4.39 Å². The molecule has 0 bridgehead atoms. The molecule has 0 spiro atoms. The van der Waals surface area contributed by atoms with Crippen LogP contribution in [-0.2, 0) is 24.4 Å². The minimum Gasteiger partial charge on any atom is -0.350 e. The monoisotopic (exact) mass is 331 g/mol. The summed E-state index contributed by atoms with van der Waals surface area (Å²) in [4.78, 5) is 29.0. The van der Waals surface area contributed by atoms with Gasteiger partial charge in [-0.3, -0.25) is 19.3 Å². The third kappa shape index (κ3) is 3.27. The van der Waals surface area contributed by atoms with Crippen LogP contribution in [-0.4, -0.2) is 38.0 Å². The number of pyridine rings is 1. The molecule has 126 valence electrons. The highest BCUT2D eigenvalue weighted by Gasteiger charge is 2.25. The predicted octanol–water partition coefficient (Wildman–Crippen LogP) is 1.10. The van der Waals surface area contributed by atoms with E-state index in [0.29, 0.717) is 32.6 Å². The van der Waals surface area contributed by atoms with Gasteiger partial charge < -0.3 is 10.2 Å². The zero-order valence-corrected chi connectivity index (χ0v) is 13.3. The quantitative estimate of drug-likeness (QED) is 0.910. The van der Waals surface area contributed by atoms with Crippen molar-refractivity contribution in [1.82, 2.24) is 25.0 Å². The molecule has 0 aliphatic carbocycles. The van der Waals surface area contributed by atoms with Gasteiger partial charge in [0.25, 0.3) is 5.91 Å². The van der Waals surface area contributed by atoms with Crippen molar-refractivity contribution in [3.8, 4) is 0 Å². The Kier molecular flexibility index (Phi) is 4.54. The van der Waals surface area contributed by atoms with E-state index in [1.807, 2.05) is 10.7 Å². The highest BCUT2D eigenvalue weighted by atomic mass is 19.1. The molecule has 0 fully saturated rings. The van der Waals surface area contributed by atoms with E-state index in [4.69, 9.17) is 0 Å². The number of nitrogens with one attached hydrogen (secondary N) is 1. The SMILES string of the molecule is CCC(=O)NCc1cc2n(n1)CCN(C(=O)c1ccncc1F)C2. The molecule has 1 N–H and O–H groups in total. The van der Waals surface area contributed by atoms with Crippen molar-refractivity contribution in [1.29, 1.82) is 0 Å². The number of hydrogen-bond donors (Lipinski definition) is 1. The lowest BCUT2D eigenvalue weighted by atomic mass is 10.2. The van der Waals surface area contributed by atoms with Gasteiger partial charge >= 0.3 is 0 Å². The Morgan fingerprint density at radius 3 is 2.96 bits per heavy atom. The van der Waals surface area contributed by atoms with E-state index < -0.39 is 5.82 Å². The van der Waals surface area contributed by atoms with E-state index in [9.17, 15) is 14.0 Å². The third-order valence-electron chi connectivity index (χ3n) is 3.93. The number of aromatic nitrogens is 3. The molecule has 2 aromatic heterocycles. The highest BCUT2D eigenvalue weighted by molar-refractivity contribution is 5.94. The molecule has 24 heavy (non-hydrogen) atoms. The van der Waals surface area contributed by atoms with Crippen LogP contribution in [0.15, 0.2) is 24.5 Å². The Hall–Kier alpha value is -2.77. The second kappa shape index (κ2) is 6.77. The normalized spacial score (nSPS) is 13.5. The average Bonchev–Trinajstić information content (AvgIpc) is 3.01. The first-order valence-corrected chi connectivity index (χ1v) is 7.79. The van der Waals surface area contributed by atoms with Crippen LogP contribution < -0.4 is 5.32 Å². The van der Waals surface area contributed by atoms with Crippen molar-refractivity contribution in [2.45, 2.75) is 33.0 Å². The highest BCUT2D eigenvalue weighted by Crippen LogP contribution is 2.17. The maximum absolute atomic E-state index is 13.7. The Balaban J connectivity index is 1.70. The van der Waals surface area contributed by atoms with Gasteiger partial charge in [0, 0.05) is 19.2 Å². The molecule has 3 rings (SSSR count). The summed E-state index contributed by atoms with van der Waals surface area (Å²) in [6.07, 6.45) is 2.86. The summed E-state index contributed by atoms with van der Waals surface area (Å²) in [5, 5.41) is 7.19. The van der Waals surface area contributed by atoms with E-state index in [2.05, 4.69) is 15.4 Å². The number of rotatable bonds is 4. The maximum atomic E-state index is 13.7. The summed E-state index contributed by atoms with van der Waals surface area (Å²) in [7, 11) is 0. The standard InChI is InChI=1S/C16H18FN5O2/c1-2-15(23)19-8-11-7-12-10-21(5-6-22(12)20-11)16(24)13-3-4-18-9-14(13)17/h3-4,7,9H,2,5-6,8,10H2,1H3,(H,19,23). The number of amides is 2. The van der Waals surface area contributed by atoms with Crippen LogP contribution in [0.25, 0.3) is 0 Å². The van der Waals surface area contributed by atoms with Gasteiger partial charge in [-0.05, 0) is 12.1 Å². The summed E-state index contributed by atoms with van der Waals surface area (Å²) in [6.45, 7) is 3.50. The summed E-state index contributed by atoms with van der Waals surface area (Å²) in [5.41, 5.74) is 1.63. The smallest absolute Gasteiger partial charge is 0.257 e. The lowest BCUT2D eigenvalue weighted by Crippen LogP contribution is -2.38. The molecule has 2 amide bonds. The van der Waals surface area contributed by atoms with Gasteiger partial charge in [0.1, 0.15) is 0 Å². The van der Waals surface area contributed by atoms with Crippen molar-refractivity contribution in [3.05, 3.63) is 47.3 Å². The number of halogens is 1. The van der Waals surface area contributed by atoms with Crippen LogP contribution in [0, 0.1) is 5.82 Å². The van der Waals surface area contributed by atoms with Gasteiger partial charge in [-0.2, -0.15) is 5.10 Å².